The molecule has 2 heteroatoms. The average molecular weight is 158 g/mol. The van der Waals surface area contributed by atoms with Gasteiger partial charge in [-0.05, 0) is 46.3 Å². The molecule has 0 rings (SSSR count). The van der Waals surface area contributed by atoms with Gasteiger partial charge in [0.25, 0.3) is 0 Å². The lowest BCUT2D eigenvalue weighted by atomic mass is 10.1. The molecule has 0 aromatic heterocycles. The second-order valence-electron chi connectivity index (χ2n) is 3.26. The number of rotatable bonds is 6. The van der Waals surface area contributed by atoms with Crippen LogP contribution in [-0.4, -0.2) is 31.1 Å². The fourth-order valence-electron chi connectivity index (χ4n) is 1.21. The van der Waals surface area contributed by atoms with E-state index in [2.05, 4.69) is 25.8 Å². The highest BCUT2D eigenvalue weighted by Gasteiger charge is 2.05. The molecule has 0 fully saturated rings. The van der Waals surface area contributed by atoms with E-state index in [0.717, 1.165) is 13.0 Å². The van der Waals surface area contributed by atoms with Gasteiger partial charge in [-0.3, -0.25) is 0 Å². The molecule has 1 atom stereocenters. The fraction of sp³-hybridized carbons (Fsp3) is 1.00. The third kappa shape index (κ3) is 5.22. The molecule has 0 radical (unpaired) electrons. The van der Waals surface area contributed by atoms with Crippen molar-refractivity contribution in [2.45, 2.75) is 39.2 Å². The van der Waals surface area contributed by atoms with Crippen molar-refractivity contribution in [3.05, 3.63) is 0 Å². The van der Waals surface area contributed by atoms with Gasteiger partial charge in [-0.25, -0.2) is 0 Å². The van der Waals surface area contributed by atoms with E-state index in [9.17, 15) is 0 Å². The molecule has 0 aliphatic heterocycles. The number of nitrogens with two attached hydrogens (primary N) is 1. The standard InChI is InChI=1S/C9H22N2/c1-4-8-11(3)9(2)6-5-7-10/h9H,4-8,10H2,1-3H3. The quantitative estimate of drug-likeness (QED) is 0.634. The molecule has 0 saturated heterocycles. The van der Waals surface area contributed by atoms with Gasteiger partial charge in [0, 0.05) is 6.04 Å². The average Bonchev–Trinajstić information content (AvgIpc) is 2.00. The van der Waals surface area contributed by atoms with E-state index in [-0.39, 0.29) is 0 Å². The van der Waals surface area contributed by atoms with Gasteiger partial charge >= 0.3 is 0 Å². The molecular weight excluding hydrogens is 136 g/mol. The third-order valence-electron chi connectivity index (χ3n) is 2.15. The summed E-state index contributed by atoms with van der Waals surface area (Å²) in [4.78, 5) is 2.40. The molecule has 0 aliphatic carbocycles. The second kappa shape index (κ2) is 6.62. The third-order valence-corrected chi connectivity index (χ3v) is 2.15. The molecule has 0 saturated carbocycles. The van der Waals surface area contributed by atoms with Crippen molar-refractivity contribution < 1.29 is 0 Å². The van der Waals surface area contributed by atoms with Crippen LogP contribution in [0.5, 0.6) is 0 Å². The summed E-state index contributed by atoms with van der Waals surface area (Å²) in [5.74, 6) is 0. The Labute approximate surface area is 70.8 Å². The first-order valence-corrected chi connectivity index (χ1v) is 4.62. The van der Waals surface area contributed by atoms with E-state index in [1.54, 1.807) is 0 Å². The van der Waals surface area contributed by atoms with Gasteiger partial charge in [0.2, 0.25) is 0 Å². The van der Waals surface area contributed by atoms with Crippen molar-refractivity contribution in [2.24, 2.45) is 5.73 Å². The largest absolute Gasteiger partial charge is 0.330 e. The van der Waals surface area contributed by atoms with Gasteiger partial charge in [0.05, 0.1) is 0 Å². The van der Waals surface area contributed by atoms with Crippen LogP contribution in [-0.2, 0) is 0 Å². The van der Waals surface area contributed by atoms with Crippen LogP contribution in [0.1, 0.15) is 33.1 Å². The van der Waals surface area contributed by atoms with Crippen LogP contribution >= 0.6 is 0 Å². The van der Waals surface area contributed by atoms with Crippen LogP contribution in [0.4, 0.5) is 0 Å². The van der Waals surface area contributed by atoms with E-state index >= 15 is 0 Å². The van der Waals surface area contributed by atoms with Gasteiger partial charge in [0.15, 0.2) is 0 Å². The molecule has 0 heterocycles. The smallest absolute Gasteiger partial charge is 0.00643 e. The van der Waals surface area contributed by atoms with Gasteiger partial charge < -0.3 is 10.6 Å². The lowest BCUT2D eigenvalue weighted by Gasteiger charge is -2.23. The van der Waals surface area contributed by atoms with E-state index < -0.39 is 0 Å². The molecule has 1 unspecified atom stereocenters. The van der Waals surface area contributed by atoms with E-state index in [1.165, 1.54) is 19.4 Å². The van der Waals surface area contributed by atoms with Crippen LogP contribution < -0.4 is 5.73 Å². The lowest BCUT2D eigenvalue weighted by molar-refractivity contribution is 0.244. The molecule has 0 spiro atoms. The lowest BCUT2D eigenvalue weighted by Crippen LogP contribution is -2.30. The monoisotopic (exact) mass is 158 g/mol. The zero-order valence-electron chi connectivity index (χ0n) is 8.14. The summed E-state index contributed by atoms with van der Waals surface area (Å²) < 4.78 is 0. The van der Waals surface area contributed by atoms with Crippen molar-refractivity contribution in [2.75, 3.05) is 20.1 Å². The predicted molar refractivity (Wildman–Crippen MR) is 50.7 cm³/mol. The molecule has 2 N–H and O–H groups in total. The van der Waals surface area contributed by atoms with Crippen molar-refractivity contribution in [3.63, 3.8) is 0 Å². The fourth-order valence-corrected chi connectivity index (χ4v) is 1.21. The Morgan fingerprint density at radius 3 is 2.55 bits per heavy atom. The molecule has 0 aliphatic rings. The van der Waals surface area contributed by atoms with Crippen molar-refractivity contribution in [1.29, 1.82) is 0 Å². The number of nitrogens with zero attached hydrogens (tertiary/aromatic N) is 1. The topological polar surface area (TPSA) is 29.3 Å². The first-order valence-electron chi connectivity index (χ1n) is 4.62. The van der Waals surface area contributed by atoms with Crippen LogP contribution in [0.3, 0.4) is 0 Å². The Hall–Kier alpha value is -0.0800. The molecule has 68 valence electrons. The minimum absolute atomic E-state index is 0.693. The summed E-state index contributed by atoms with van der Waals surface area (Å²) in [6.07, 6.45) is 3.62. The minimum atomic E-state index is 0.693. The Balaban J connectivity index is 3.38. The Morgan fingerprint density at radius 2 is 2.09 bits per heavy atom. The Morgan fingerprint density at radius 1 is 1.45 bits per heavy atom. The number of hydrogen-bond acceptors (Lipinski definition) is 2. The molecular formula is C9H22N2. The molecule has 0 bridgehead atoms. The van der Waals surface area contributed by atoms with Gasteiger partial charge in [-0.1, -0.05) is 6.92 Å². The Kier molecular flexibility index (Phi) is 6.57. The summed E-state index contributed by atoms with van der Waals surface area (Å²) in [5, 5.41) is 0. The predicted octanol–water partition coefficient (Wildman–Crippen LogP) is 1.46. The molecule has 11 heavy (non-hydrogen) atoms. The highest BCUT2D eigenvalue weighted by molar-refractivity contribution is 4.62. The first-order chi connectivity index (χ1) is 5.22. The van der Waals surface area contributed by atoms with Gasteiger partial charge in [-0.2, -0.15) is 0 Å². The molecule has 0 aromatic rings. The highest BCUT2D eigenvalue weighted by atomic mass is 15.1. The molecule has 0 aromatic carbocycles. The maximum Gasteiger partial charge on any atom is 0.00643 e. The summed E-state index contributed by atoms with van der Waals surface area (Å²) >= 11 is 0. The van der Waals surface area contributed by atoms with Crippen LogP contribution in [0.15, 0.2) is 0 Å². The van der Waals surface area contributed by atoms with E-state index in [4.69, 9.17) is 5.73 Å². The van der Waals surface area contributed by atoms with Crippen molar-refractivity contribution >= 4 is 0 Å². The number of hydrogen-bond donors (Lipinski definition) is 1. The Bertz CT molecular complexity index is 83.6. The zero-order valence-corrected chi connectivity index (χ0v) is 8.14. The first kappa shape index (κ1) is 10.9. The van der Waals surface area contributed by atoms with Crippen LogP contribution in [0.2, 0.25) is 0 Å². The summed E-state index contributed by atoms with van der Waals surface area (Å²) in [6, 6.07) is 0.693. The summed E-state index contributed by atoms with van der Waals surface area (Å²) in [5.41, 5.74) is 5.43. The van der Waals surface area contributed by atoms with Crippen molar-refractivity contribution in [1.82, 2.24) is 4.90 Å². The SMILES string of the molecule is CCCN(C)C(C)CCCN. The normalized spacial score (nSPS) is 13.9. The van der Waals surface area contributed by atoms with Gasteiger partial charge in [-0.15, -0.1) is 0 Å². The maximum absolute atomic E-state index is 5.43. The minimum Gasteiger partial charge on any atom is -0.330 e. The van der Waals surface area contributed by atoms with Gasteiger partial charge in [0.1, 0.15) is 0 Å². The molecule has 0 amide bonds. The highest BCUT2D eigenvalue weighted by Crippen LogP contribution is 2.03. The zero-order chi connectivity index (χ0) is 8.69. The van der Waals surface area contributed by atoms with Crippen LogP contribution in [0, 0.1) is 0 Å². The van der Waals surface area contributed by atoms with Crippen molar-refractivity contribution in [3.8, 4) is 0 Å². The second-order valence-corrected chi connectivity index (χ2v) is 3.26. The summed E-state index contributed by atoms with van der Waals surface area (Å²) in [7, 11) is 2.19. The maximum atomic E-state index is 5.43. The van der Waals surface area contributed by atoms with E-state index in [1.807, 2.05) is 0 Å². The van der Waals surface area contributed by atoms with E-state index in [0.29, 0.717) is 6.04 Å². The molecule has 2 nitrogen and oxygen atoms in total. The summed E-state index contributed by atoms with van der Waals surface area (Å²) in [6.45, 7) is 6.51. The van der Waals surface area contributed by atoms with Crippen LogP contribution in [0.25, 0.3) is 0 Å².